The van der Waals surface area contributed by atoms with Crippen LogP contribution in [0, 0.1) is 22.7 Å². The maximum Gasteiger partial charge on any atom is 0.0519 e. The van der Waals surface area contributed by atoms with Crippen molar-refractivity contribution in [2.45, 2.75) is 38.5 Å². The van der Waals surface area contributed by atoms with Gasteiger partial charge >= 0.3 is 0 Å². The summed E-state index contributed by atoms with van der Waals surface area (Å²) in [5.41, 5.74) is 0.712. The van der Waals surface area contributed by atoms with E-state index in [0.29, 0.717) is 12.0 Å². The van der Waals surface area contributed by atoms with E-state index in [1.54, 1.807) is 0 Å². The number of rotatable bonds is 3. The molecule has 86 valence electrons. The van der Waals surface area contributed by atoms with Crippen LogP contribution >= 0.6 is 0 Å². The fourth-order valence-electron chi connectivity index (χ4n) is 5.31. The van der Waals surface area contributed by atoms with Crippen LogP contribution in [-0.4, -0.2) is 25.4 Å². The maximum atomic E-state index is 9.67. The van der Waals surface area contributed by atoms with Crippen molar-refractivity contribution in [3.63, 3.8) is 0 Å². The molecule has 0 radical (unpaired) electrons. The van der Waals surface area contributed by atoms with Crippen molar-refractivity contribution in [1.82, 2.24) is 0 Å². The average molecular weight is 210 g/mol. The van der Waals surface area contributed by atoms with E-state index in [0.717, 1.165) is 18.4 Å². The van der Waals surface area contributed by atoms with Crippen molar-refractivity contribution in [3.05, 3.63) is 0 Å². The minimum atomic E-state index is 0.280. The molecule has 0 amide bonds. The van der Waals surface area contributed by atoms with Crippen LogP contribution in [0.4, 0.5) is 0 Å². The van der Waals surface area contributed by atoms with Gasteiger partial charge in [-0.2, -0.15) is 0 Å². The van der Waals surface area contributed by atoms with Gasteiger partial charge in [0.15, 0.2) is 0 Å². The van der Waals surface area contributed by atoms with Crippen molar-refractivity contribution in [2.75, 3.05) is 20.3 Å². The molecule has 0 heterocycles. The van der Waals surface area contributed by atoms with Gasteiger partial charge in [0.05, 0.1) is 6.61 Å². The highest BCUT2D eigenvalue weighted by molar-refractivity contribution is 5.07. The standard InChI is InChI=1S/C13H22O2/c1-15-9-13-5-10-2-11(6-13)4-12(3-10,7-13)8-14/h10-11,14H,2-9H2,1H3/t10-,11+,12?,13?. The third-order valence-corrected chi connectivity index (χ3v) is 5.09. The summed E-state index contributed by atoms with van der Waals surface area (Å²) < 4.78 is 5.43. The Labute approximate surface area is 92.0 Å². The first-order valence-corrected chi connectivity index (χ1v) is 6.29. The number of aliphatic hydroxyl groups excluding tert-OH is 1. The Morgan fingerprint density at radius 2 is 1.73 bits per heavy atom. The smallest absolute Gasteiger partial charge is 0.0519 e. The molecule has 2 nitrogen and oxygen atoms in total. The van der Waals surface area contributed by atoms with E-state index in [4.69, 9.17) is 4.74 Å². The third-order valence-electron chi connectivity index (χ3n) is 5.09. The molecule has 0 aromatic heterocycles. The zero-order valence-electron chi connectivity index (χ0n) is 9.67. The molecule has 15 heavy (non-hydrogen) atoms. The molecule has 4 atom stereocenters. The minimum absolute atomic E-state index is 0.280. The second-order valence-electron chi connectivity index (χ2n) is 6.55. The Kier molecular flexibility index (Phi) is 2.16. The van der Waals surface area contributed by atoms with Crippen LogP contribution in [0.1, 0.15) is 38.5 Å². The Bertz CT molecular complexity index is 247. The van der Waals surface area contributed by atoms with Gasteiger partial charge in [-0.05, 0) is 61.2 Å². The first kappa shape index (κ1) is 10.1. The number of ether oxygens (including phenoxy) is 1. The fraction of sp³-hybridized carbons (Fsp3) is 1.00. The average Bonchev–Trinajstić information content (AvgIpc) is 2.15. The summed E-state index contributed by atoms with van der Waals surface area (Å²) in [4.78, 5) is 0. The molecule has 1 N–H and O–H groups in total. The minimum Gasteiger partial charge on any atom is -0.396 e. The topological polar surface area (TPSA) is 29.5 Å². The van der Waals surface area contributed by atoms with Gasteiger partial charge in [0, 0.05) is 13.7 Å². The molecule has 0 aliphatic heterocycles. The predicted octanol–water partition coefficient (Wildman–Crippen LogP) is 2.21. The normalized spacial score (nSPS) is 52.4. The Morgan fingerprint density at radius 1 is 1.13 bits per heavy atom. The SMILES string of the molecule is COCC12C[C@@H]3C[C@@H](CC(CO)(C3)C1)C2. The number of hydrogen-bond acceptors (Lipinski definition) is 2. The van der Waals surface area contributed by atoms with Crippen LogP contribution in [0.2, 0.25) is 0 Å². The third kappa shape index (κ3) is 1.45. The highest BCUT2D eigenvalue weighted by Crippen LogP contribution is 2.65. The van der Waals surface area contributed by atoms with E-state index in [9.17, 15) is 5.11 Å². The van der Waals surface area contributed by atoms with Crippen LogP contribution in [0.15, 0.2) is 0 Å². The lowest BCUT2D eigenvalue weighted by molar-refractivity contribution is -0.149. The fourth-order valence-corrected chi connectivity index (χ4v) is 5.31. The quantitative estimate of drug-likeness (QED) is 0.774. The number of methoxy groups -OCH3 is 1. The van der Waals surface area contributed by atoms with Gasteiger partial charge in [-0.3, -0.25) is 0 Å². The molecule has 0 saturated heterocycles. The first-order chi connectivity index (χ1) is 7.19. The van der Waals surface area contributed by atoms with Crippen LogP contribution in [0.5, 0.6) is 0 Å². The van der Waals surface area contributed by atoms with Crippen molar-refractivity contribution >= 4 is 0 Å². The van der Waals surface area contributed by atoms with Gasteiger partial charge in [0.1, 0.15) is 0 Å². The van der Waals surface area contributed by atoms with Crippen LogP contribution in [0.25, 0.3) is 0 Å². The predicted molar refractivity (Wildman–Crippen MR) is 58.5 cm³/mol. The molecule has 4 aliphatic carbocycles. The molecule has 2 unspecified atom stereocenters. The highest BCUT2D eigenvalue weighted by Gasteiger charge is 2.57. The second kappa shape index (κ2) is 3.21. The summed E-state index contributed by atoms with van der Waals surface area (Å²) in [5, 5.41) is 9.67. The van der Waals surface area contributed by atoms with E-state index in [1.165, 1.54) is 38.5 Å². The van der Waals surface area contributed by atoms with Crippen LogP contribution in [-0.2, 0) is 4.74 Å². The van der Waals surface area contributed by atoms with E-state index < -0.39 is 0 Å². The zero-order chi connectivity index (χ0) is 10.5. The lowest BCUT2D eigenvalue weighted by Gasteiger charge is -2.61. The van der Waals surface area contributed by atoms with Crippen molar-refractivity contribution in [3.8, 4) is 0 Å². The van der Waals surface area contributed by atoms with Crippen molar-refractivity contribution in [2.24, 2.45) is 22.7 Å². The Hall–Kier alpha value is -0.0800. The molecule has 2 heteroatoms. The summed E-state index contributed by atoms with van der Waals surface area (Å²) in [5.74, 6) is 1.77. The van der Waals surface area contributed by atoms with Gasteiger partial charge in [-0.25, -0.2) is 0 Å². The summed E-state index contributed by atoms with van der Waals surface area (Å²) in [6.07, 6.45) is 7.93. The van der Waals surface area contributed by atoms with Gasteiger partial charge in [0.2, 0.25) is 0 Å². The second-order valence-corrected chi connectivity index (χ2v) is 6.55. The largest absolute Gasteiger partial charge is 0.396 e. The van der Waals surface area contributed by atoms with Gasteiger partial charge < -0.3 is 9.84 Å². The molecule has 0 spiro atoms. The Morgan fingerprint density at radius 3 is 2.27 bits per heavy atom. The molecule has 4 rings (SSSR count). The van der Waals surface area contributed by atoms with Gasteiger partial charge in [-0.15, -0.1) is 0 Å². The lowest BCUT2D eigenvalue weighted by Crippen LogP contribution is -2.54. The first-order valence-electron chi connectivity index (χ1n) is 6.29. The molecule has 0 aromatic carbocycles. The monoisotopic (exact) mass is 210 g/mol. The molecule has 4 aliphatic rings. The van der Waals surface area contributed by atoms with E-state index in [1.807, 2.05) is 7.11 Å². The number of aliphatic hydroxyl groups is 1. The van der Waals surface area contributed by atoms with E-state index in [2.05, 4.69) is 0 Å². The molecule has 4 saturated carbocycles. The van der Waals surface area contributed by atoms with Gasteiger partial charge in [-0.1, -0.05) is 0 Å². The summed E-state index contributed by atoms with van der Waals surface area (Å²) in [6.45, 7) is 1.33. The molecule has 4 fully saturated rings. The van der Waals surface area contributed by atoms with Crippen molar-refractivity contribution < 1.29 is 9.84 Å². The Balaban J connectivity index is 1.88. The van der Waals surface area contributed by atoms with Crippen LogP contribution < -0.4 is 0 Å². The molecule has 4 bridgehead atoms. The molecular weight excluding hydrogens is 188 g/mol. The maximum absolute atomic E-state index is 9.67. The molecule has 0 aromatic rings. The van der Waals surface area contributed by atoms with Crippen LogP contribution in [0.3, 0.4) is 0 Å². The highest BCUT2D eigenvalue weighted by atomic mass is 16.5. The number of hydrogen-bond donors (Lipinski definition) is 1. The molecular formula is C13H22O2. The summed E-state index contributed by atoms with van der Waals surface area (Å²) >= 11 is 0. The van der Waals surface area contributed by atoms with E-state index >= 15 is 0 Å². The van der Waals surface area contributed by atoms with Gasteiger partial charge in [0.25, 0.3) is 0 Å². The summed E-state index contributed by atoms with van der Waals surface area (Å²) in [6, 6.07) is 0. The summed E-state index contributed by atoms with van der Waals surface area (Å²) in [7, 11) is 1.82. The van der Waals surface area contributed by atoms with Crippen molar-refractivity contribution in [1.29, 1.82) is 0 Å². The van der Waals surface area contributed by atoms with E-state index in [-0.39, 0.29) is 5.41 Å². The lowest BCUT2D eigenvalue weighted by atomic mass is 9.44. The zero-order valence-corrected chi connectivity index (χ0v) is 9.67.